The second-order valence-electron chi connectivity index (χ2n) is 5.24. The van der Waals surface area contributed by atoms with Crippen LogP contribution in [-0.2, 0) is 14.8 Å². The lowest BCUT2D eigenvalue weighted by atomic mass is 10.4. The average molecular weight is 315 g/mol. The molecule has 2 rings (SSSR count). The topological polar surface area (TPSA) is 89.6 Å². The van der Waals surface area contributed by atoms with Gasteiger partial charge < -0.3 is 9.88 Å². The third-order valence-corrected chi connectivity index (χ3v) is 5.32. The van der Waals surface area contributed by atoms with Crippen molar-refractivity contribution in [1.82, 2.24) is 24.1 Å². The van der Waals surface area contributed by atoms with Crippen LogP contribution in [0, 0.1) is 0 Å². The highest BCUT2D eigenvalue weighted by molar-refractivity contribution is 7.89. The van der Waals surface area contributed by atoms with Crippen molar-refractivity contribution < 1.29 is 13.2 Å². The summed E-state index contributed by atoms with van der Waals surface area (Å²) in [5.74, 6) is 0.0277. The van der Waals surface area contributed by atoms with Gasteiger partial charge in [0.25, 0.3) is 10.0 Å². The summed E-state index contributed by atoms with van der Waals surface area (Å²) >= 11 is 0. The smallest absolute Gasteiger partial charge is 0.260 e. The predicted octanol–water partition coefficient (Wildman–Crippen LogP) is -0.806. The first-order valence-corrected chi connectivity index (χ1v) is 8.26. The molecule has 8 nitrogen and oxygen atoms in total. The van der Waals surface area contributed by atoms with Gasteiger partial charge in [0.15, 0.2) is 5.03 Å². The minimum absolute atomic E-state index is 0.0277. The van der Waals surface area contributed by atoms with E-state index in [9.17, 15) is 13.2 Å². The summed E-state index contributed by atoms with van der Waals surface area (Å²) in [7, 11) is -0.0822. The third kappa shape index (κ3) is 3.80. The van der Waals surface area contributed by atoms with Gasteiger partial charge in [-0.3, -0.25) is 9.69 Å². The molecular formula is C12H21N5O3S. The van der Waals surface area contributed by atoms with Crippen LogP contribution in [-0.4, -0.2) is 85.2 Å². The van der Waals surface area contributed by atoms with Crippen LogP contribution in [0.3, 0.4) is 0 Å². The molecule has 1 aromatic rings. The Hall–Kier alpha value is -1.45. The second kappa shape index (κ2) is 6.54. The molecule has 2 heterocycles. The fraction of sp³-hybridized carbons (Fsp3) is 0.667. The number of nitrogens with one attached hydrogen (secondary N) is 1. The molecule has 118 valence electrons. The molecule has 1 amide bonds. The van der Waals surface area contributed by atoms with Crippen LogP contribution in [0.15, 0.2) is 17.6 Å². The largest absolute Gasteiger partial charge is 0.348 e. The predicted molar refractivity (Wildman–Crippen MR) is 77.1 cm³/mol. The van der Waals surface area contributed by atoms with E-state index in [1.54, 1.807) is 19.0 Å². The van der Waals surface area contributed by atoms with Crippen LogP contribution in [0.25, 0.3) is 0 Å². The van der Waals surface area contributed by atoms with Crippen molar-refractivity contribution in [2.75, 3.05) is 46.8 Å². The van der Waals surface area contributed by atoms with Crippen molar-refractivity contribution in [3.63, 3.8) is 0 Å². The van der Waals surface area contributed by atoms with Gasteiger partial charge in [0.1, 0.15) is 0 Å². The number of aromatic nitrogens is 2. The van der Waals surface area contributed by atoms with Crippen LogP contribution >= 0.6 is 0 Å². The second-order valence-corrected chi connectivity index (χ2v) is 7.14. The Labute approximate surface area is 124 Å². The molecule has 0 unspecified atom stereocenters. The van der Waals surface area contributed by atoms with E-state index in [1.807, 2.05) is 4.90 Å². The number of sulfonamides is 1. The quantitative estimate of drug-likeness (QED) is 0.785. The van der Waals surface area contributed by atoms with Gasteiger partial charge in [0, 0.05) is 33.7 Å². The number of H-pyrrole nitrogens is 1. The number of rotatable bonds is 4. The molecule has 0 aliphatic carbocycles. The van der Waals surface area contributed by atoms with Crippen molar-refractivity contribution in [3.8, 4) is 0 Å². The molecule has 21 heavy (non-hydrogen) atoms. The van der Waals surface area contributed by atoms with Gasteiger partial charge >= 0.3 is 0 Å². The lowest BCUT2D eigenvalue weighted by molar-refractivity contribution is -0.129. The highest BCUT2D eigenvalue weighted by Crippen LogP contribution is 2.15. The number of hydrogen-bond acceptors (Lipinski definition) is 5. The zero-order chi connectivity index (χ0) is 15.5. The van der Waals surface area contributed by atoms with Crippen LogP contribution < -0.4 is 0 Å². The minimum atomic E-state index is -3.52. The van der Waals surface area contributed by atoms with Gasteiger partial charge in [-0.15, -0.1) is 0 Å². The van der Waals surface area contributed by atoms with Gasteiger partial charge in [-0.05, 0) is 13.0 Å². The van der Waals surface area contributed by atoms with Crippen molar-refractivity contribution in [2.24, 2.45) is 0 Å². The Bertz CT molecular complexity index is 570. The van der Waals surface area contributed by atoms with Gasteiger partial charge in [-0.1, -0.05) is 0 Å². The van der Waals surface area contributed by atoms with E-state index in [1.165, 1.54) is 16.8 Å². The Morgan fingerprint density at radius 3 is 2.71 bits per heavy atom. The SMILES string of the molecule is CN(C)C(=O)CN1CCCN(S(=O)(=O)c2cnc[nH]2)CC1. The van der Waals surface area contributed by atoms with Crippen molar-refractivity contribution in [3.05, 3.63) is 12.5 Å². The van der Waals surface area contributed by atoms with E-state index in [-0.39, 0.29) is 10.9 Å². The number of amides is 1. The summed E-state index contributed by atoms with van der Waals surface area (Å²) in [5.41, 5.74) is 0. The Kier molecular flexibility index (Phi) is 4.96. The third-order valence-electron chi connectivity index (χ3n) is 3.50. The average Bonchev–Trinajstić information content (AvgIpc) is 2.87. The first kappa shape index (κ1) is 15.9. The number of carbonyl (C=O) groups is 1. The maximum atomic E-state index is 12.4. The zero-order valence-corrected chi connectivity index (χ0v) is 13.1. The lowest BCUT2D eigenvalue weighted by Gasteiger charge is -2.22. The van der Waals surface area contributed by atoms with Gasteiger partial charge in [-0.2, -0.15) is 4.31 Å². The number of carbonyl (C=O) groups excluding carboxylic acids is 1. The maximum absolute atomic E-state index is 12.4. The van der Waals surface area contributed by atoms with Crippen LogP contribution in [0.1, 0.15) is 6.42 Å². The van der Waals surface area contributed by atoms with E-state index in [0.29, 0.717) is 39.1 Å². The van der Waals surface area contributed by atoms with E-state index >= 15 is 0 Å². The molecule has 0 aromatic carbocycles. The first-order chi connectivity index (χ1) is 9.91. The molecule has 1 saturated heterocycles. The summed E-state index contributed by atoms with van der Waals surface area (Å²) < 4.78 is 26.2. The molecule has 0 radical (unpaired) electrons. The molecular weight excluding hydrogens is 294 g/mol. The molecule has 1 aromatic heterocycles. The van der Waals surface area contributed by atoms with Crippen molar-refractivity contribution in [1.29, 1.82) is 0 Å². The monoisotopic (exact) mass is 315 g/mol. The van der Waals surface area contributed by atoms with E-state index in [2.05, 4.69) is 9.97 Å². The number of imidazole rings is 1. The number of likely N-dealkylation sites (N-methyl/N-ethyl adjacent to an activating group) is 1. The van der Waals surface area contributed by atoms with E-state index in [0.717, 1.165) is 0 Å². The van der Waals surface area contributed by atoms with Crippen LogP contribution in [0.4, 0.5) is 0 Å². The summed E-state index contributed by atoms with van der Waals surface area (Å²) in [5, 5.41) is 0.111. The molecule has 1 aliphatic heterocycles. The van der Waals surface area contributed by atoms with Gasteiger partial charge in [0.2, 0.25) is 5.91 Å². The zero-order valence-electron chi connectivity index (χ0n) is 12.3. The maximum Gasteiger partial charge on any atom is 0.260 e. The molecule has 1 N–H and O–H groups in total. The molecule has 9 heteroatoms. The molecule has 0 saturated carbocycles. The Morgan fingerprint density at radius 1 is 1.33 bits per heavy atom. The molecule has 1 fully saturated rings. The van der Waals surface area contributed by atoms with Gasteiger partial charge in [-0.25, -0.2) is 13.4 Å². The van der Waals surface area contributed by atoms with Crippen molar-refractivity contribution >= 4 is 15.9 Å². The highest BCUT2D eigenvalue weighted by Gasteiger charge is 2.28. The van der Waals surface area contributed by atoms with Crippen LogP contribution in [0.5, 0.6) is 0 Å². The summed E-state index contributed by atoms with van der Waals surface area (Å²) in [6, 6.07) is 0. The fourth-order valence-corrected chi connectivity index (χ4v) is 3.57. The molecule has 0 bridgehead atoms. The number of hydrogen-bond donors (Lipinski definition) is 1. The molecule has 1 aliphatic rings. The minimum Gasteiger partial charge on any atom is -0.348 e. The fourth-order valence-electron chi connectivity index (χ4n) is 2.20. The number of aromatic amines is 1. The highest BCUT2D eigenvalue weighted by atomic mass is 32.2. The van der Waals surface area contributed by atoms with E-state index in [4.69, 9.17) is 0 Å². The van der Waals surface area contributed by atoms with Crippen LogP contribution in [0.2, 0.25) is 0 Å². The van der Waals surface area contributed by atoms with Crippen molar-refractivity contribution in [2.45, 2.75) is 11.4 Å². The summed E-state index contributed by atoms with van der Waals surface area (Å²) in [6.07, 6.45) is 3.37. The summed E-state index contributed by atoms with van der Waals surface area (Å²) in [6.45, 7) is 2.42. The Morgan fingerprint density at radius 2 is 2.10 bits per heavy atom. The lowest BCUT2D eigenvalue weighted by Crippen LogP contribution is -2.39. The standard InChI is InChI=1S/C12H21N5O3S/c1-15(2)12(18)9-16-4-3-5-17(7-6-16)21(19,20)11-8-13-10-14-11/h8,10H,3-7,9H2,1-2H3,(H,13,14). The Balaban J connectivity index is 2.00. The number of nitrogens with zero attached hydrogens (tertiary/aromatic N) is 4. The molecule has 0 atom stereocenters. The first-order valence-electron chi connectivity index (χ1n) is 6.82. The summed E-state index contributed by atoms with van der Waals surface area (Å²) in [4.78, 5) is 21.7. The van der Waals surface area contributed by atoms with E-state index < -0.39 is 10.0 Å². The normalized spacial score (nSPS) is 18.4. The molecule has 0 spiro atoms. The van der Waals surface area contributed by atoms with Gasteiger partial charge in [0.05, 0.1) is 19.1 Å².